The molecule has 0 amide bonds. The zero-order chi connectivity index (χ0) is 19.7. The van der Waals surface area contributed by atoms with Crippen LogP contribution in [-0.2, 0) is 6.54 Å². The van der Waals surface area contributed by atoms with E-state index in [0.29, 0.717) is 11.7 Å². The first kappa shape index (κ1) is 18.2. The molecule has 1 atom stereocenters. The van der Waals surface area contributed by atoms with Gasteiger partial charge in [0.25, 0.3) is 5.69 Å². The number of benzene rings is 2. The van der Waals surface area contributed by atoms with Gasteiger partial charge in [0.05, 0.1) is 11.0 Å². The molecule has 1 aromatic heterocycles. The number of aromatic nitrogens is 1. The fourth-order valence-corrected chi connectivity index (χ4v) is 3.99. The van der Waals surface area contributed by atoms with Gasteiger partial charge in [-0.2, -0.15) is 0 Å². The van der Waals surface area contributed by atoms with Crippen LogP contribution >= 0.6 is 12.2 Å². The summed E-state index contributed by atoms with van der Waals surface area (Å²) in [6, 6.07) is 18.7. The Labute approximate surface area is 168 Å². The second-order valence-corrected chi connectivity index (χ2v) is 7.26. The number of thiocarbonyl (C=S) groups is 1. The van der Waals surface area contributed by atoms with Crippen LogP contribution in [0.4, 0.5) is 11.4 Å². The lowest BCUT2D eigenvalue weighted by molar-refractivity contribution is -0.384. The van der Waals surface area contributed by atoms with Gasteiger partial charge in [-0.25, -0.2) is 0 Å². The Morgan fingerprint density at radius 2 is 1.96 bits per heavy atom. The second-order valence-electron chi connectivity index (χ2n) is 6.87. The van der Waals surface area contributed by atoms with E-state index in [2.05, 4.69) is 14.8 Å². The van der Waals surface area contributed by atoms with Crippen molar-refractivity contribution in [3.8, 4) is 0 Å². The zero-order valence-electron chi connectivity index (χ0n) is 15.4. The summed E-state index contributed by atoms with van der Waals surface area (Å²) in [6.07, 6.45) is 2.04. The summed E-state index contributed by atoms with van der Waals surface area (Å²) in [4.78, 5) is 13.0. The predicted molar refractivity (Wildman–Crippen MR) is 113 cm³/mol. The topological polar surface area (TPSA) is 63.3 Å². The summed E-state index contributed by atoms with van der Waals surface area (Å²) in [7, 11) is 0. The Morgan fingerprint density at radius 3 is 2.75 bits per heavy atom. The van der Waals surface area contributed by atoms with Crippen molar-refractivity contribution < 1.29 is 4.92 Å². The van der Waals surface area contributed by atoms with E-state index < -0.39 is 0 Å². The molecule has 0 radical (unpaired) electrons. The fraction of sp³-hybridized carbons (Fsp3) is 0.190. The van der Waals surface area contributed by atoms with Crippen molar-refractivity contribution >= 4 is 28.7 Å². The zero-order valence-corrected chi connectivity index (χ0v) is 16.2. The van der Waals surface area contributed by atoms with Crippen molar-refractivity contribution in [3.05, 3.63) is 93.8 Å². The van der Waals surface area contributed by atoms with Crippen LogP contribution in [0.25, 0.3) is 0 Å². The lowest BCUT2D eigenvalue weighted by Crippen LogP contribution is -2.44. The number of nitrogens with zero attached hydrogens (tertiary/aromatic N) is 3. The molecule has 2 aromatic carbocycles. The van der Waals surface area contributed by atoms with Gasteiger partial charge in [0.1, 0.15) is 0 Å². The molecule has 6 nitrogen and oxygen atoms in total. The fourth-order valence-electron chi connectivity index (χ4n) is 3.68. The third-order valence-electron chi connectivity index (χ3n) is 4.97. The molecule has 0 bridgehead atoms. The van der Waals surface area contributed by atoms with Gasteiger partial charge in [-0.05, 0) is 54.5 Å². The van der Waals surface area contributed by atoms with E-state index in [4.69, 9.17) is 12.2 Å². The first-order valence-electron chi connectivity index (χ1n) is 9.06. The van der Waals surface area contributed by atoms with E-state index in [0.717, 1.165) is 29.1 Å². The summed E-state index contributed by atoms with van der Waals surface area (Å²) < 4.78 is 2.18. The lowest BCUT2D eigenvalue weighted by Gasteiger charge is -2.39. The van der Waals surface area contributed by atoms with Gasteiger partial charge in [-0.1, -0.05) is 24.3 Å². The number of fused-ring (bicyclic) bond motifs is 1. The summed E-state index contributed by atoms with van der Waals surface area (Å²) in [6.45, 7) is 3.56. The minimum atomic E-state index is -0.362. The van der Waals surface area contributed by atoms with E-state index in [9.17, 15) is 10.1 Å². The van der Waals surface area contributed by atoms with E-state index in [1.165, 1.54) is 6.07 Å². The average molecular weight is 392 g/mol. The lowest BCUT2D eigenvalue weighted by atomic mass is 10.00. The predicted octanol–water partition coefficient (Wildman–Crippen LogP) is 4.51. The van der Waals surface area contributed by atoms with Crippen LogP contribution in [0.15, 0.2) is 66.9 Å². The van der Waals surface area contributed by atoms with Gasteiger partial charge in [0.2, 0.25) is 0 Å². The van der Waals surface area contributed by atoms with Crippen LogP contribution in [0.2, 0.25) is 0 Å². The average Bonchev–Trinajstić information content (AvgIpc) is 3.16. The number of aryl methyl sites for hydroxylation is 1. The normalized spacial score (nSPS) is 15.8. The number of nitrogens with one attached hydrogen (secondary N) is 1. The van der Waals surface area contributed by atoms with Crippen LogP contribution in [0.5, 0.6) is 0 Å². The molecule has 1 unspecified atom stereocenters. The number of rotatable bonds is 3. The molecule has 0 spiro atoms. The highest BCUT2D eigenvalue weighted by Gasteiger charge is 2.31. The maximum atomic E-state index is 11.3. The van der Waals surface area contributed by atoms with Crippen LogP contribution in [0, 0.1) is 17.0 Å². The summed E-state index contributed by atoms with van der Waals surface area (Å²) >= 11 is 5.74. The molecule has 3 aromatic rings. The molecule has 1 aliphatic heterocycles. The summed E-state index contributed by atoms with van der Waals surface area (Å²) in [5.74, 6) is 0. The molecule has 0 saturated carbocycles. The molecule has 28 heavy (non-hydrogen) atoms. The second kappa shape index (κ2) is 7.44. The third kappa shape index (κ3) is 3.48. The Morgan fingerprint density at radius 1 is 1.14 bits per heavy atom. The first-order valence-corrected chi connectivity index (χ1v) is 9.47. The molecule has 2 heterocycles. The van der Waals surface area contributed by atoms with Crippen molar-refractivity contribution in [2.75, 3.05) is 11.9 Å². The van der Waals surface area contributed by atoms with E-state index in [1.54, 1.807) is 12.1 Å². The number of nitro benzene ring substituents is 1. The number of nitro groups is 1. The monoisotopic (exact) mass is 392 g/mol. The molecule has 0 saturated heterocycles. The Kier molecular flexibility index (Phi) is 4.83. The summed E-state index contributed by atoms with van der Waals surface area (Å²) in [5.41, 5.74) is 4.08. The number of anilines is 1. The minimum absolute atomic E-state index is 0.0821. The highest BCUT2D eigenvalue weighted by atomic mass is 32.1. The Bertz CT molecular complexity index is 1050. The molecule has 1 N–H and O–H groups in total. The van der Waals surface area contributed by atoms with E-state index >= 15 is 0 Å². The maximum absolute atomic E-state index is 11.3. The molecular weight excluding hydrogens is 372 g/mol. The van der Waals surface area contributed by atoms with Crippen molar-refractivity contribution in [2.24, 2.45) is 0 Å². The van der Waals surface area contributed by atoms with Gasteiger partial charge < -0.3 is 14.8 Å². The number of hydrogen-bond donors (Lipinski definition) is 1. The third-order valence-corrected chi connectivity index (χ3v) is 5.30. The molecule has 1 aliphatic rings. The first-order chi connectivity index (χ1) is 13.5. The SMILES string of the molecule is Cc1cccc(NC(=S)N2CCn3cccc3C2c2cccc([N+](=O)[O-])c2)c1. The standard InChI is InChI=1S/C21H20N4O2S/c1-15-5-2-7-17(13-15)22-21(28)24-12-11-23-10-4-9-19(23)20(24)16-6-3-8-18(14-16)25(26)27/h2-10,13-14,20H,11-12H2,1H3,(H,22,28). The largest absolute Gasteiger partial charge is 0.348 e. The Balaban J connectivity index is 1.70. The smallest absolute Gasteiger partial charge is 0.269 e. The maximum Gasteiger partial charge on any atom is 0.269 e. The van der Waals surface area contributed by atoms with Crippen LogP contribution < -0.4 is 5.32 Å². The van der Waals surface area contributed by atoms with Crippen LogP contribution in [0.3, 0.4) is 0 Å². The molecule has 0 fully saturated rings. The van der Waals surface area contributed by atoms with Crippen molar-refractivity contribution in [2.45, 2.75) is 19.5 Å². The molecule has 0 aliphatic carbocycles. The number of non-ortho nitro benzene ring substituents is 1. The molecule has 4 rings (SSSR count). The number of hydrogen-bond acceptors (Lipinski definition) is 3. The highest BCUT2D eigenvalue weighted by Crippen LogP contribution is 2.34. The van der Waals surface area contributed by atoms with Gasteiger partial charge in [-0.15, -0.1) is 0 Å². The van der Waals surface area contributed by atoms with E-state index in [1.807, 2.05) is 55.6 Å². The van der Waals surface area contributed by atoms with Gasteiger partial charge in [0.15, 0.2) is 5.11 Å². The quantitative estimate of drug-likeness (QED) is 0.404. The molecular formula is C21H20N4O2S. The minimum Gasteiger partial charge on any atom is -0.348 e. The Hall–Kier alpha value is -3.19. The summed E-state index contributed by atoms with van der Waals surface area (Å²) in [5, 5.41) is 15.2. The van der Waals surface area contributed by atoms with Crippen molar-refractivity contribution in [3.63, 3.8) is 0 Å². The van der Waals surface area contributed by atoms with Crippen molar-refractivity contribution in [1.29, 1.82) is 0 Å². The van der Waals surface area contributed by atoms with Gasteiger partial charge in [-0.3, -0.25) is 10.1 Å². The molecule has 142 valence electrons. The molecule has 7 heteroatoms. The van der Waals surface area contributed by atoms with E-state index in [-0.39, 0.29) is 16.7 Å². The highest BCUT2D eigenvalue weighted by molar-refractivity contribution is 7.80. The van der Waals surface area contributed by atoms with Gasteiger partial charge >= 0.3 is 0 Å². The van der Waals surface area contributed by atoms with Crippen LogP contribution in [-0.4, -0.2) is 26.0 Å². The van der Waals surface area contributed by atoms with Gasteiger partial charge in [0, 0.05) is 42.8 Å². The van der Waals surface area contributed by atoms with Crippen LogP contribution in [0.1, 0.15) is 22.9 Å². The van der Waals surface area contributed by atoms with Crippen molar-refractivity contribution in [1.82, 2.24) is 9.47 Å².